The van der Waals surface area contributed by atoms with E-state index in [1.54, 1.807) is 49.1 Å². The number of halogens is 2. The molecule has 0 aliphatic rings. The zero-order valence-electron chi connectivity index (χ0n) is 22.0. The topological polar surface area (TPSA) is 71.1 Å². The van der Waals surface area contributed by atoms with Gasteiger partial charge in [0.1, 0.15) is 13.2 Å². The van der Waals surface area contributed by atoms with Gasteiger partial charge in [-0.25, -0.2) is 9.59 Å². The van der Waals surface area contributed by atoms with Crippen LogP contribution < -0.4 is 0 Å². The molecule has 2 aromatic carbocycles. The van der Waals surface area contributed by atoms with Crippen LogP contribution in [0.1, 0.15) is 13.8 Å². The van der Waals surface area contributed by atoms with Gasteiger partial charge in [-0.1, -0.05) is 24.9 Å². The molecule has 0 N–H and O–H groups in total. The number of esters is 2. The van der Waals surface area contributed by atoms with Crippen molar-refractivity contribution in [2.75, 3.05) is 51.1 Å². The van der Waals surface area contributed by atoms with Crippen LogP contribution in [-0.4, -0.2) is 63.1 Å². The quantitative estimate of drug-likeness (QED) is 0.0664. The minimum atomic E-state index is -0.392. The molecule has 2 aromatic rings. The molecule has 2 rings (SSSR count). The number of carbonyl (C=O) groups is 2. The van der Waals surface area contributed by atoms with Gasteiger partial charge in [-0.3, -0.25) is 0 Å². The molecular formula is C28H32Br2O6S3. The van der Waals surface area contributed by atoms with Gasteiger partial charge >= 0.3 is 11.9 Å². The van der Waals surface area contributed by atoms with Gasteiger partial charge in [-0.05, 0) is 82.1 Å². The molecule has 0 aliphatic carbocycles. The van der Waals surface area contributed by atoms with E-state index in [0.29, 0.717) is 37.6 Å². The van der Waals surface area contributed by atoms with Crippen molar-refractivity contribution in [3.63, 3.8) is 0 Å². The second-order valence-electron chi connectivity index (χ2n) is 8.04. The van der Waals surface area contributed by atoms with Gasteiger partial charge in [0.15, 0.2) is 0 Å². The summed E-state index contributed by atoms with van der Waals surface area (Å²) < 4.78 is 23.1. The van der Waals surface area contributed by atoms with Crippen LogP contribution in [-0.2, 0) is 28.5 Å². The van der Waals surface area contributed by atoms with E-state index in [2.05, 4.69) is 81.4 Å². The highest BCUT2D eigenvalue weighted by molar-refractivity contribution is 9.10. The molecule has 0 saturated carbocycles. The van der Waals surface area contributed by atoms with Gasteiger partial charge in [0.25, 0.3) is 0 Å². The summed E-state index contributed by atoms with van der Waals surface area (Å²) >= 11 is 12.5. The predicted octanol–water partition coefficient (Wildman–Crippen LogP) is 7.82. The Morgan fingerprint density at radius 3 is 1.46 bits per heavy atom. The third kappa shape index (κ3) is 13.8. The summed E-state index contributed by atoms with van der Waals surface area (Å²) in [6.07, 6.45) is 0. The van der Waals surface area contributed by atoms with Crippen LogP contribution in [0, 0.1) is 0 Å². The van der Waals surface area contributed by atoms with Crippen LogP contribution in [0.25, 0.3) is 0 Å². The Kier molecular flexibility index (Phi) is 16.6. The first-order chi connectivity index (χ1) is 18.7. The summed E-state index contributed by atoms with van der Waals surface area (Å²) in [6.45, 7) is 12.6. The molecule has 39 heavy (non-hydrogen) atoms. The fourth-order valence-corrected chi connectivity index (χ4v) is 6.93. The van der Waals surface area contributed by atoms with Gasteiger partial charge in [0.2, 0.25) is 0 Å². The smallest absolute Gasteiger partial charge is 0.333 e. The second-order valence-corrected chi connectivity index (χ2v) is 13.2. The molecule has 6 nitrogen and oxygen atoms in total. The lowest BCUT2D eigenvalue weighted by Gasteiger charge is -2.10. The summed E-state index contributed by atoms with van der Waals surface area (Å²) in [7, 11) is 0. The average Bonchev–Trinajstić information content (AvgIpc) is 2.89. The number of hydrogen-bond donors (Lipinski definition) is 0. The van der Waals surface area contributed by atoms with E-state index in [1.807, 2.05) is 0 Å². The summed E-state index contributed by atoms with van der Waals surface area (Å²) in [5.74, 6) is 0.797. The van der Waals surface area contributed by atoms with Crippen molar-refractivity contribution >= 4 is 79.1 Å². The Balaban J connectivity index is 1.69. The van der Waals surface area contributed by atoms with Crippen LogP contribution in [0.2, 0.25) is 0 Å². The fourth-order valence-electron chi connectivity index (χ4n) is 2.72. The zero-order valence-corrected chi connectivity index (χ0v) is 27.6. The predicted molar refractivity (Wildman–Crippen MR) is 167 cm³/mol. The fraction of sp³-hybridized carbons (Fsp3) is 0.357. The minimum absolute atomic E-state index is 0.229. The van der Waals surface area contributed by atoms with Crippen molar-refractivity contribution in [3.8, 4) is 0 Å². The highest BCUT2D eigenvalue weighted by Crippen LogP contribution is 2.37. The standard InChI is InChI=1S/C28H32Br2O6S3/c1-19(2)27(31)35-11-9-33-13-15-37-25-7-5-21(17-23(25)29)39-22-6-8-26(24(30)18-22)38-16-14-34-10-12-36-28(32)20(3)4/h5-8,17-18H,1,3,9-16H2,2,4H3. The van der Waals surface area contributed by atoms with E-state index in [-0.39, 0.29) is 13.2 Å². The van der Waals surface area contributed by atoms with Crippen molar-refractivity contribution in [3.05, 3.63) is 69.6 Å². The maximum atomic E-state index is 11.3. The largest absolute Gasteiger partial charge is 0.460 e. The molecule has 0 saturated heterocycles. The van der Waals surface area contributed by atoms with Gasteiger partial charge in [0, 0.05) is 51.2 Å². The molecule has 212 valence electrons. The summed E-state index contributed by atoms with van der Waals surface area (Å²) in [5, 5.41) is 0. The Morgan fingerprint density at radius 2 is 1.10 bits per heavy atom. The number of benzene rings is 2. The highest BCUT2D eigenvalue weighted by Gasteiger charge is 2.08. The third-order valence-corrected chi connectivity index (χ3v) is 9.52. The molecule has 0 aliphatic heterocycles. The van der Waals surface area contributed by atoms with Crippen LogP contribution in [0.4, 0.5) is 0 Å². The van der Waals surface area contributed by atoms with Crippen molar-refractivity contribution < 1.29 is 28.5 Å². The summed E-state index contributed by atoms with van der Waals surface area (Å²) in [5.41, 5.74) is 0.771. The first kappa shape index (κ1) is 34.0. The second kappa shape index (κ2) is 19.0. The molecule has 0 fully saturated rings. The lowest BCUT2D eigenvalue weighted by atomic mass is 10.4. The molecule has 0 bridgehead atoms. The molecule has 0 atom stereocenters. The van der Waals surface area contributed by atoms with E-state index < -0.39 is 11.9 Å². The summed E-state index contributed by atoms with van der Waals surface area (Å²) in [6, 6.07) is 12.7. The molecule has 0 aromatic heterocycles. The van der Waals surface area contributed by atoms with Crippen molar-refractivity contribution in [2.24, 2.45) is 0 Å². The number of rotatable bonds is 18. The zero-order chi connectivity index (χ0) is 28.6. The average molecular weight is 721 g/mol. The Bertz CT molecular complexity index is 1050. The molecule has 11 heteroatoms. The SMILES string of the molecule is C=C(C)C(=O)OCCOCCSc1ccc(Sc2ccc(SCCOCCOC(=O)C(=C)C)c(Br)c2)cc1Br. The first-order valence-corrected chi connectivity index (χ1v) is 16.4. The maximum absolute atomic E-state index is 11.3. The molecule has 0 spiro atoms. The van der Waals surface area contributed by atoms with Crippen molar-refractivity contribution in [2.45, 2.75) is 33.4 Å². The van der Waals surface area contributed by atoms with Crippen LogP contribution in [0.15, 0.2) is 89.2 Å². The van der Waals surface area contributed by atoms with E-state index in [1.165, 1.54) is 0 Å². The molecule has 0 heterocycles. The lowest BCUT2D eigenvalue weighted by Crippen LogP contribution is -2.11. The third-order valence-electron chi connectivity index (χ3n) is 4.63. The summed E-state index contributed by atoms with van der Waals surface area (Å²) in [4.78, 5) is 27.2. The van der Waals surface area contributed by atoms with E-state index in [0.717, 1.165) is 40.0 Å². The van der Waals surface area contributed by atoms with Gasteiger partial charge in [-0.15, -0.1) is 23.5 Å². The Labute approximate surface area is 260 Å². The lowest BCUT2D eigenvalue weighted by molar-refractivity contribution is -0.141. The van der Waals surface area contributed by atoms with E-state index in [9.17, 15) is 9.59 Å². The van der Waals surface area contributed by atoms with Crippen molar-refractivity contribution in [1.29, 1.82) is 0 Å². The number of thioether (sulfide) groups is 2. The van der Waals surface area contributed by atoms with Gasteiger partial charge < -0.3 is 18.9 Å². The van der Waals surface area contributed by atoms with Crippen LogP contribution in [0.5, 0.6) is 0 Å². The van der Waals surface area contributed by atoms with Gasteiger partial charge in [-0.2, -0.15) is 0 Å². The van der Waals surface area contributed by atoms with Crippen LogP contribution >= 0.6 is 67.1 Å². The monoisotopic (exact) mass is 718 g/mol. The highest BCUT2D eigenvalue weighted by atomic mass is 79.9. The molecule has 0 amide bonds. The number of hydrogen-bond acceptors (Lipinski definition) is 9. The Hall–Kier alpha value is -1.21. The molecule has 0 unspecified atom stereocenters. The van der Waals surface area contributed by atoms with Gasteiger partial charge in [0.05, 0.1) is 26.4 Å². The molecule has 0 radical (unpaired) electrons. The normalized spacial score (nSPS) is 10.8. The minimum Gasteiger partial charge on any atom is -0.460 e. The van der Waals surface area contributed by atoms with E-state index >= 15 is 0 Å². The maximum Gasteiger partial charge on any atom is 0.333 e. The first-order valence-electron chi connectivity index (χ1n) is 12.0. The Morgan fingerprint density at radius 1 is 0.692 bits per heavy atom. The van der Waals surface area contributed by atoms with Crippen LogP contribution in [0.3, 0.4) is 0 Å². The number of carbonyl (C=O) groups excluding carboxylic acids is 2. The van der Waals surface area contributed by atoms with E-state index in [4.69, 9.17) is 18.9 Å². The molecular weight excluding hydrogens is 688 g/mol. The number of ether oxygens (including phenoxy) is 4. The van der Waals surface area contributed by atoms with Crippen molar-refractivity contribution in [1.82, 2.24) is 0 Å².